The minimum absolute atomic E-state index is 0.0852. The number of hydrogen-bond donors (Lipinski definition) is 1. The Balaban J connectivity index is 1.82. The minimum atomic E-state index is -0.443. The van der Waals surface area contributed by atoms with Crippen LogP contribution < -0.4 is 15.2 Å². The van der Waals surface area contributed by atoms with Crippen molar-refractivity contribution in [2.45, 2.75) is 19.4 Å². The zero-order chi connectivity index (χ0) is 19.0. The van der Waals surface area contributed by atoms with E-state index in [0.29, 0.717) is 24.3 Å². The number of methoxy groups -OCH3 is 1. The van der Waals surface area contributed by atoms with Crippen molar-refractivity contribution in [3.63, 3.8) is 0 Å². The van der Waals surface area contributed by atoms with Crippen molar-refractivity contribution >= 4 is 22.3 Å². The number of hydrogen-bond acceptors (Lipinski definition) is 6. The first kappa shape index (κ1) is 17.0. The summed E-state index contributed by atoms with van der Waals surface area (Å²) in [5.74, 6) is 0.808. The summed E-state index contributed by atoms with van der Waals surface area (Å²) in [6.07, 6.45) is 3.05. The monoisotopic (exact) mass is 366 g/mol. The zero-order valence-electron chi connectivity index (χ0n) is 14.8. The maximum absolute atomic E-state index is 12.0. The summed E-state index contributed by atoms with van der Waals surface area (Å²) in [4.78, 5) is 31.8. The number of aromatic amines is 1. The van der Waals surface area contributed by atoms with Crippen molar-refractivity contribution in [3.05, 3.63) is 68.3 Å². The lowest BCUT2D eigenvalue weighted by Gasteiger charge is -2.23. The standard InChI is InChI=1S/C19H18N4O4/c1-27-14-5-4-13-10-22(6-2-3-12(13)7-14)17-9-16-15(8-18(17)23(25)26)19(24)21-11-20-16/h4-5,7-9,11H,2-3,6,10H2,1H3,(H,20,21,24). The fourth-order valence-corrected chi connectivity index (χ4v) is 3.56. The van der Waals surface area contributed by atoms with Crippen molar-refractivity contribution < 1.29 is 9.66 Å². The van der Waals surface area contributed by atoms with E-state index in [1.165, 1.54) is 18.0 Å². The van der Waals surface area contributed by atoms with E-state index >= 15 is 0 Å². The molecule has 8 nitrogen and oxygen atoms in total. The van der Waals surface area contributed by atoms with Gasteiger partial charge in [-0.25, -0.2) is 4.98 Å². The topological polar surface area (TPSA) is 101 Å². The molecule has 0 fully saturated rings. The average Bonchev–Trinajstić information content (AvgIpc) is 2.89. The Hall–Kier alpha value is -3.42. The second kappa shape index (κ2) is 6.71. The van der Waals surface area contributed by atoms with Gasteiger partial charge in [-0.05, 0) is 42.2 Å². The molecule has 2 aromatic carbocycles. The van der Waals surface area contributed by atoms with Crippen molar-refractivity contribution in [1.29, 1.82) is 0 Å². The van der Waals surface area contributed by atoms with Gasteiger partial charge in [-0.1, -0.05) is 6.07 Å². The van der Waals surface area contributed by atoms with Crippen molar-refractivity contribution in [2.24, 2.45) is 0 Å². The number of fused-ring (bicyclic) bond motifs is 2. The van der Waals surface area contributed by atoms with Crippen LogP contribution in [-0.4, -0.2) is 28.5 Å². The average molecular weight is 366 g/mol. The molecule has 1 aromatic heterocycles. The molecule has 2 heterocycles. The van der Waals surface area contributed by atoms with Crippen LogP contribution in [0, 0.1) is 10.1 Å². The minimum Gasteiger partial charge on any atom is -0.497 e. The number of aromatic nitrogens is 2. The molecule has 0 saturated heterocycles. The van der Waals surface area contributed by atoms with Crippen molar-refractivity contribution in [3.8, 4) is 5.75 Å². The summed E-state index contributed by atoms with van der Waals surface area (Å²) >= 11 is 0. The maximum Gasteiger partial charge on any atom is 0.293 e. The van der Waals surface area contributed by atoms with Gasteiger partial charge in [0.1, 0.15) is 11.4 Å². The summed E-state index contributed by atoms with van der Waals surface area (Å²) in [5.41, 5.74) is 2.75. The Morgan fingerprint density at radius 2 is 2.11 bits per heavy atom. The van der Waals surface area contributed by atoms with Crippen molar-refractivity contribution in [2.75, 3.05) is 18.6 Å². The molecule has 0 atom stereocenters. The van der Waals surface area contributed by atoms with E-state index in [1.807, 2.05) is 23.1 Å². The number of nitro benzene ring substituents is 1. The molecule has 0 radical (unpaired) electrons. The van der Waals surface area contributed by atoms with Gasteiger partial charge in [0, 0.05) is 19.2 Å². The number of anilines is 1. The van der Waals surface area contributed by atoms with Crippen LogP contribution in [0.25, 0.3) is 10.9 Å². The molecule has 0 unspecified atom stereocenters. The third-order valence-electron chi connectivity index (χ3n) is 4.92. The zero-order valence-corrected chi connectivity index (χ0v) is 14.8. The Labute approximate surface area is 154 Å². The summed E-state index contributed by atoms with van der Waals surface area (Å²) in [7, 11) is 1.64. The fourth-order valence-electron chi connectivity index (χ4n) is 3.56. The van der Waals surface area contributed by atoms with Crippen LogP contribution in [-0.2, 0) is 13.0 Å². The molecule has 0 spiro atoms. The SMILES string of the molecule is COc1ccc2c(c1)CCCN(c1cc3nc[nH]c(=O)c3cc1[N+](=O)[O-])C2. The van der Waals surface area contributed by atoms with E-state index < -0.39 is 4.92 Å². The maximum atomic E-state index is 12.0. The number of nitrogens with zero attached hydrogens (tertiary/aromatic N) is 3. The highest BCUT2D eigenvalue weighted by Gasteiger charge is 2.24. The molecule has 1 N–H and O–H groups in total. The van der Waals surface area contributed by atoms with Crippen LogP contribution in [0.4, 0.5) is 11.4 Å². The first-order valence-electron chi connectivity index (χ1n) is 8.63. The fraction of sp³-hybridized carbons (Fsp3) is 0.263. The van der Waals surface area contributed by atoms with Crippen LogP contribution in [0.5, 0.6) is 5.75 Å². The molecule has 4 rings (SSSR count). The summed E-state index contributed by atoms with van der Waals surface area (Å²) < 4.78 is 5.30. The number of benzene rings is 2. The van der Waals surface area contributed by atoms with Crippen LogP contribution in [0.15, 0.2) is 41.5 Å². The van der Waals surface area contributed by atoms with Crippen LogP contribution in [0.2, 0.25) is 0 Å². The van der Waals surface area contributed by atoms with Gasteiger partial charge in [0.2, 0.25) is 0 Å². The number of aryl methyl sites for hydroxylation is 1. The van der Waals surface area contributed by atoms with Gasteiger partial charge in [0.15, 0.2) is 0 Å². The number of H-pyrrole nitrogens is 1. The summed E-state index contributed by atoms with van der Waals surface area (Å²) in [5, 5.41) is 11.9. The predicted octanol–water partition coefficient (Wildman–Crippen LogP) is 2.79. The largest absolute Gasteiger partial charge is 0.497 e. The number of nitrogens with one attached hydrogen (secondary N) is 1. The van der Waals surface area contributed by atoms with Gasteiger partial charge < -0.3 is 14.6 Å². The van der Waals surface area contributed by atoms with Gasteiger partial charge in [-0.15, -0.1) is 0 Å². The summed E-state index contributed by atoms with van der Waals surface area (Å²) in [6.45, 7) is 1.22. The highest BCUT2D eigenvalue weighted by molar-refractivity contribution is 5.87. The van der Waals surface area contributed by atoms with Crippen molar-refractivity contribution in [1.82, 2.24) is 9.97 Å². The lowest BCUT2D eigenvalue weighted by molar-refractivity contribution is -0.384. The number of ether oxygens (including phenoxy) is 1. The van der Waals surface area contributed by atoms with Gasteiger partial charge in [-0.3, -0.25) is 14.9 Å². The summed E-state index contributed by atoms with van der Waals surface area (Å²) in [6, 6.07) is 8.88. The van der Waals surface area contributed by atoms with E-state index in [0.717, 1.165) is 24.2 Å². The lowest BCUT2D eigenvalue weighted by atomic mass is 10.0. The van der Waals surface area contributed by atoms with E-state index in [-0.39, 0.29) is 16.6 Å². The highest BCUT2D eigenvalue weighted by Crippen LogP contribution is 2.34. The Morgan fingerprint density at radius 1 is 1.26 bits per heavy atom. The lowest BCUT2D eigenvalue weighted by Crippen LogP contribution is -2.23. The molecule has 1 aliphatic heterocycles. The van der Waals surface area contributed by atoms with E-state index in [4.69, 9.17) is 4.74 Å². The molecule has 1 aliphatic rings. The molecule has 138 valence electrons. The van der Waals surface area contributed by atoms with Crippen LogP contribution >= 0.6 is 0 Å². The Morgan fingerprint density at radius 3 is 2.89 bits per heavy atom. The van der Waals surface area contributed by atoms with Gasteiger partial charge in [-0.2, -0.15) is 0 Å². The van der Waals surface area contributed by atoms with Gasteiger partial charge >= 0.3 is 0 Å². The first-order valence-corrected chi connectivity index (χ1v) is 8.63. The third-order valence-corrected chi connectivity index (χ3v) is 4.92. The molecule has 3 aromatic rings. The van der Waals surface area contributed by atoms with E-state index in [1.54, 1.807) is 13.2 Å². The molecular formula is C19H18N4O4. The number of nitro groups is 1. The normalized spacial score (nSPS) is 13.9. The number of rotatable bonds is 3. The third kappa shape index (κ3) is 3.10. The second-order valence-corrected chi connectivity index (χ2v) is 6.51. The smallest absolute Gasteiger partial charge is 0.293 e. The highest BCUT2D eigenvalue weighted by atomic mass is 16.6. The molecular weight excluding hydrogens is 348 g/mol. The second-order valence-electron chi connectivity index (χ2n) is 6.51. The molecule has 27 heavy (non-hydrogen) atoms. The molecule has 0 aliphatic carbocycles. The van der Waals surface area contributed by atoms with Gasteiger partial charge in [0.05, 0.1) is 29.3 Å². The van der Waals surface area contributed by atoms with Gasteiger partial charge in [0.25, 0.3) is 11.2 Å². The first-order chi connectivity index (χ1) is 13.1. The Bertz CT molecular complexity index is 1090. The van der Waals surface area contributed by atoms with E-state index in [9.17, 15) is 14.9 Å². The van der Waals surface area contributed by atoms with Crippen LogP contribution in [0.1, 0.15) is 17.5 Å². The Kier molecular flexibility index (Phi) is 4.23. The molecule has 0 saturated carbocycles. The molecule has 0 bridgehead atoms. The molecule has 0 amide bonds. The van der Waals surface area contributed by atoms with Crippen LogP contribution in [0.3, 0.4) is 0 Å². The molecule has 8 heteroatoms. The van der Waals surface area contributed by atoms with E-state index in [2.05, 4.69) is 9.97 Å². The predicted molar refractivity (Wildman–Crippen MR) is 101 cm³/mol. The quantitative estimate of drug-likeness (QED) is 0.565.